The van der Waals surface area contributed by atoms with Crippen molar-refractivity contribution in [2.75, 3.05) is 31.1 Å². The Balaban J connectivity index is 1.14. The summed E-state index contributed by atoms with van der Waals surface area (Å²) in [7, 11) is 0. The number of fused-ring (bicyclic) bond motifs is 1. The van der Waals surface area contributed by atoms with Crippen molar-refractivity contribution in [3.05, 3.63) is 112 Å². The molecule has 2 aliphatic heterocycles. The lowest BCUT2D eigenvalue weighted by Crippen LogP contribution is -2.46. The van der Waals surface area contributed by atoms with E-state index in [0.29, 0.717) is 61.0 Å². The van der Waals surface area contributed by atoms with Crippen molar-refractivity contribution in [3.63, 3.8) is 0 Å². The summed E-state index contributed by atoms with van der Waals surface area (Å²) in [4.78, 5) is 35.0. The fourth-order valence-electron chi connectivity index (χ4n) is 6.08. The lowest BCUT2D eigenvalue weighted by Gasteiger charge is -2.36. The molecule has 0 radical (unpaired) electrons. The van der Waals surface area contributed by atoms with Gasteiger partial charge in [-0.15, -0.1) is 0 Å². The number of halogens is 1. The minimum atomic E-state index is -0.795. The molecule has 0 aliphatic carbocycles. The predicted octanol–water partition coefficient (Wildman–Crippen LogP) is 6.20. The Morgan fingerprint density at radius 2 is 1.77 bits per heavy atom. The number of hydrogen-bond acceptors (Lipinski definition) is 6. The highest BCUT2D eigenvalue weighted by Gasteiger charge is 2.37. The number of benzene rings is 3. The van der Waals surface area contributed by atoms with Gasteiger partial charge in [-0.3, -0.25) is 14.5 Å². The van der Waals surface area contributed by atoms with Gasteiger partial charge in [0.1, 0.15) is 29.8 Å². The molecule has 0 aromatic heterocycles. The van der Waals surface area contributed by atoms with Gasteiger partial charge in [0, 0.05) is 50.3 Å². The molecule has 5 rings (SSSR count). The van der Waals surface area contributed by atoms with Gasteiger partial charge in [-0.25, -0.2) is 9.24 Å². The molecule has 2 N–H and O–H groups in total. The average molecular weight is 640 g/mol. The van der Waals surface area contributed by atoms with E-state index in [1.54, 1.807) is 24.3 Å². The smallest absolute Gasteiger partial charge is 0.255 e. The molecular weight excluding hydrogens is 597 g/mol. The molecular formula is C37H42FN5O4. The molecule has 47 heavy (non-hydrogen) atoms. The first-order chi connectivity index (χ1) is 22.4. The summed E-state index contributed by atoms with van der Waals surface area (Å²) < 4.78 is 26.5. The molecule has 1 unspecified atom stereocenters. The Bertz CT molecular complexity index is 1670. The van der Waals surface area contributed by atoms with Crippen LogP contribution in [0.5, 0.6) is 5.75 Å². The molecule has 3 aromatic carbocycles. The highest BCUT2D eigenvalue weighted by Crippen LogP contribution is 2.34. The Morgan fingerprint density at radius 1 is 1.06 bits per heavy atom. The third-order valence-electron chi connectivity index (χ3n) is 8.40. The summed E-state index contributed by atoms with van der Waals surface area (Å²) in [6.45, 7) is 21.2. The molecule has 0 bridgehead atoms. The summed E-state index contributed by atoms with van der Waals surface area (Å²) >= 11 is 0. The lowest BCUT2D eigenvalue weighted by atomic mass is 10.1. The lowest BCUT2D eigenvalue weighted by molar-refractivity contribution is -0.122. The van der Waals surface area contributed by atoms with Crippen LogP contribution in [0.15, 0.2) is 73.0 Å². The second-order valence-corrected chi connectivity index (χ2v) is 13.0. The Hall–Kier alpha value is -4.88. The summed E-state index contributed by atoms with van der Waals surface area (Å²) in [6, 6.07) is 17.5. The molecule has 9 nitrogen and oxygen atoms in total. The van der Waals surface area contributed by atoms with Gasteiger partial charge in [0.25, 0.3) is 5.91 Å². The summed E-state index contributed by atoms with van der Waals surface area (Å²) in [5.41, 5.74) is 9.62. The van der Waals surface area contributed by atoms with Crippen LogP contribution in [0.3, 0.4) is 0 Å². The minimum absolute atomic E-state index is 0.232. The van der Waals surface area contributed by atoms with Crippen molar-refractivity contribution >= 4 is 23.2 Å². The number of piperazine rings is 1. The van der Waals surface area contributed by atoms with Crippen molar-refractivity contribution in [1.29, 1.82) is 0 Å². The van der Waals surface area contributed by atoms with Crippen LogP contribution in [0, 0.1) is 12.4 Å². The zero-order valence-corrected chi connectivity index (χ0v) is 27.3. The van der Waals surface area contributed by atoms with Gasteiger partial charge in [0.2, 0.25) is 5.91 Å². The third kappa shape index (κ3) is 8.29. The van der Waals surface area contributed by atoms with E-state index < -0.39 is 17.6 Å². The predicted molar refractivity (Wildman–Crippen MR) is 179 cm³/mol. The zero-order valence-electron chi connectivity index (χ0n) is 27.3. The number of primary amides is 1. The van der Waals surface area contributed by atoms with Gasteiger partial charge in [-0.1, -0.05) is 43.0 Å². The van der Waals surface area contributed by atoms with Crippen molar-refractivity contribution in [3.8, 4) is 5.75 Å². The monoisotopic (exact) mass is 639 g/mol. The number of ether oxygens (including phenoxy) is 2. The van der Waals surface area contributed by atoms with Crippen LogP contribution >= 0.6 is 0 Å². The van der Waals surface area contributed by atoms with Crippen molar-refractivity contribution in [1.82, 2.24) is 9.80 Å². The molecule has 2 aliphatic rings. The second-order valence-electron chi connectivity index (χ2n) is 13.0. The fourth-order valence-corrected chi connectivity index (χ4v) is 6.08. The van der Waals surface area contributed by atoms with Gasteiger partial charge in [-0.05, 0) is 62.6 Å². The number of nitrogens with zero attached hydrogens (tertiary/aromatic N) is 4. The van der Waals surface area contributed by atoms with Gasteiger partial charge >= 0.3 is 0 Å². The Labute approximate surface area is 276 Å². The van der Waals surface area contributed by atoms with Crippen molar-refractivity contribution in [2.45, 2.75) is 65.0 Å². The van der Waals surface area contributed by atoms with Crippen molar-refractivity contribution < 1.29 is 23.5 Å². The largest absolute Gasteiger partial charge is 0.493 e. The molecule has 1 fully saturated rings. The number of nitrogens with two attached hydrogens (primary N) is 1. The van der Waals surface area contributed by atoms with E-state index >= 15 is 0 Å². The van der Waals surface area contributed by atoms with E-state index in [9.17, 15) is 14.0 Å². The number of anilines is 1. The third-order valence-corrected chi connectivity index (χ3v) is 8.40. The van der Waals surface area contributed by atoms with E-state index in [1.165, 1.54) is 16.5 Å². The average Bonchev–Trinajstić information content (AvgIpc) is 3.36. The van der Waals surface area contributed by atoms with Crippen LogP contribution in [0.25, 0.3) is 4.85 Å². The summed E-state index contributed by atoms with van der Waals surface area (Å²) in [6.07, 6.45) is 0.721. The van der Waals surface area contributed by atoms with Crippen LogP contribution in [0.4, 0.5) is 15.8 Å². The molecule has 3 aromatic rings. The Kier molecular flexibility index (Phi) is 10.2. The van der Waals surface area contributed by atoms with Crippen LogP contribution < -0.4 is 15.4 Å². The number of amides is 2. The van der Waals surface area contributed by atoms with Crippen LogP contribution in [0.2, 0.25) is 0 Å². The van der Waals surface area contributed by atoms with E-state index in [0.717, 1.165) is 30.8 Å². The molecule has 10 heteroatoms. The van der Waals surface area contributed by atoms with Crippen LogP contribution in [-0.4, -0.2) is 59.4 Å². The number of rotatable bonds is 12. The maximum Gasteiger partial charge on any atom is 0.255 e. The van der Waals surface area contributed by atoms with Crippen LogP contribution in [0.1, 0.15) is 60.7 Å². The number of carbonyl (C=O) groups excluding carboxylic acids is 2. The first-order valence-electron chi connectivity index (χ1n) is 15.9. The van der Waals surface area contributed by atoms with E-state index in [1.807, 2.05) is 43.9 Å². The topological polar surface area (TPSA) is 92.7 Å². The molecule has 1 atom stereocenters. The molecule has 2 amide bonds. The normalized spacial score (nSPS) is 15.6. The molecule has 0 spiro atoms. The molecule has 2 heterocycles. The zero-order chi connectivity index (χ0) is 33.7. The summed E-state index contributed by atoms with van der Waals surface area (Å²) in [5.74, 6) is -0.0229. The van der Waals surface area contributed by atoms with E-state index in [2.05, 4.69) is 28.5 Å². The second kappa shape index (κ2) is 14.3. The standard InChI is InChI=1S/C37H42FN5O4/c1-25(47-37(2,3)4)9-15-33(35(39)44)43-23-30-29(36(43)45)7-6-8-34(30)46-24-27-12-10-26(11-13-27)22-41-17-19-42(20-18-41)32-16-14-28(40-5)21-31(32)38/h6-8,10-14,16,21,33H,1,9,15,17-20,22-24H2,2-4H3,(H2,39,44). The number of allylic oxidation sites excluding steroid dienone is 1. The highest BCUT2D eigenvalue weighted by atomic mass is 19.1. The first kappa shape index (κ1) is 33.5. The molecule has 246 valence electrons. The van der Waals surface area contributed by atoms with E-state index in [4.69, 9.17) is 21.8 Å². The SMILES string of the molecule is [C-]#[N+]c1ccc(N2CCN(Cc3ccc(COc4cccc5c4CN(C(CCC(=C)OC(C)(C)C)C(N)=O)C5=O)cc3)CC2)c(F)c1. The van der Waals surface area contributed by atoms with Gasteiger partial charge < -0.3 is 25.0 Å². The highest BCUT2D eigenvalue weighted by molar-refractivity contribution is 6.01. The quantitative estimate of drug-likeness (QED) is 0.188. The van der Waals surface area contributed by atoms with Gasteiger partial charge in [0.15, 0.2) is 5.69 Å². The van der Waals surface area contributed by atoms with Gasteiger partial charge in [0.05, 0.1) is 24.6 Å². The Morgan fingerprint density at radius 3 is 2.40 bits per heavy atom. The summed E-state index contributed by atoms with van der Waals surface area (Å²) in [5, 5.41) is 0. The first-order valence-corrected chi connectivity index (χ1v) is 15.9. The minimum Gasteiger partial charge on any atom is -0.493 e. The van der Waals surface area contributed by atoms with Gasteiger partial charge in [-0.2, -0.15) is 0 Å². The van der Waals surface area contributed by atoms with Crippen LogP contribution in [-0.2, 0) is 29.2 Å². The molecule has 1 saturated heterocycles. The number of hydrogen-bond donors (Lipinski definition) is 1. The maximum absolute atomic E-state index is 14.5. The molecule has 0 saturated carbocycles. The van der Waals surface area contributed by atoms with E-state index in [-0.39, 0.29) is 18.3 Å². The number of carbonyl (C=O) groups is 2. The maximum atomic E-state index is 14.5. The van der Waals surface area contributed by atoms with Crippen molar-refractivity contribution in [2.24, 2.45) is 5.73 Å². The fraction of sp³-hybridized carbons (Fsp3) is 0.378.